The maximum atomic E-state index is 12.1. The highest BCUT2D eigenvalue weighted by Gasteiger charge is 2.28. The van der Waals surface area contributed by atoms with Gasteiger partial charge in [0.1, 0.15) is 0 Å². The van der Waals surface area contributed by atoms with Crippen LogP contribution in [0.4, 0.5) is 5.69 Å². The first-order chi connectivity index (χ1) is 10.4. The Balaban J connectivity index is 2.17. The molecular weight excluding hydrogens is 304 g/mol. The van der Waals surface area contributed by atoms with Gasteiger partial charge in [-0.25, -0.2) is 17.9 Å². The van der Waals surface area contributed by atoms with Crippen LogP contribution in [-0.2, 0) is 10.0 Å². The van der Waals surface area contributed by atoms with E-state index in [9.17, 15) is 18.3 Å². The zero-order chi connectivity index (χ0) is 16.2. The highest BCUT2D eigenvalue weighted by molar-refractivity contribution is 7.89. The molecule has 1 aliphatic carbocycles. The number of anilines is 1. The average molecular weight is 326 g/mol. The molecule has 2 rings (SSSR count). The summed E-state index contributed by atoms with van der Waals surface area (Å²) in [5.74, 6) is -1.14. The maximum absolute atomic E-state index is 12.1. The molecule has 0 unspecified atom stereocenters. The molecule has 0 heterocycles. The number of carboxylic acids is 1. The number of hydrogen-bond acceptors (Lipinski definition) is 4. The van der Waals surface area contributed by atoms with Gasteiger partial charge in [-0.3, -0.25) is 0 Å². The van der Waals surface area contributed by atoms with Crippen LogP contribution in [0.25, 0.3) is 0 Å². The standard InChI is InChI=1S/C15H22N2O4S/c1-2-3-4-9-16-14-8-7-12(10-13(14)15(18)19)22(20,21)17-11-5-6-11/h7-8,10-11,16-17H,2-6,9H2,1H3,(H,18,19). The van der Waals surface area contributed by atoms with Crippen molar-refractivity contribution >= 4 is 21.7 Å². The number of unbranched alkanes of at least 4 members (excludes halogenated alkanes) is 2. The Hall–Kier alpha value is -1.60. The molecule has 1 aliphatic rings. The fraction of sp³-hybridized carbons (Fsp3) is 0.533. The largest absolute Gasteiger partial charge is 0.478 e. The normalized spacial score (nSPS) is 14.8. The molecule has 0 amide bonds. The number of nitrogens with one attached hydrogen (secondary N) is 2. The van der Waals surface area contributed by atoms with Crippen LogP contribution in [0.15, 0.2) is 23.1 Å². The average Bonchev–Trinajstić information content (AvgIpc) is 3.26. The van der Waals surface area contributed by atoms with E-state index in [1.807, 2.05) is 0 Å². The molecule has 1 fully saturated rings. The number of rotatable bonds is 9. The summed E-state index contributed by atoms with van der Waals surface area (Å²) in [6.45, 7) is 2.76. The van der Waals surface area contributed by atoms with Gasteiger partial charge in [-0.05, 0) is 37.5 Å². The molecule has 7 heteroatoms. The van der Waals surface area contributed by atoms with Crippen LogP contribution in [0.3, 0.4) is 0 Å². The van der Waals surface area contributed by atoms with Crippen LogP contribution in [0.2, 0.25) is 0 Å². The lowest BCUT2D eigenvalue weighted by molar-refractivity contribution is 0.0697. The van der Waals surface area contributed by atoms with Crippen molar-refractivity contribution in [3.05, 3.63) is 23.8 Å². The van der Waals surface area contributed by atoms with Crippen molar-refractivity contribution < 1.29 is 18.3 Å². The molecule has 0 spiro atoms. The molecule has 22 heavy (non-hydrogen) atoms. The Morgan fingerprint density at radius 3 is 2.64 bits per heavy atom. The van der Waals surface area contributed by atoms with Crippen LogP contribution in [0.5, 0.6) is 0 Å². The van der Waals surface area contributed by atoms with Crippen molar-refractivity contribution in [1.29, 1.82) is 0 Å². The van der Waals surface area contributed by atoms with Gasteiger partial charge in [-0.2, -0.15) is 0 Å². The van der Waals surface area contributed by atoms with Crippen molar-refractivity contribution in [2.75, 3.05) is 11.9 Å². The van der Waals surface area contributed by atoms with E-state index >= 15 is 0 Å². The smallest absolute Gasteiger partial charge is 0.337 e. The fourth-order valence-corrected chi connectivity index (χ4v) is 3.44. The van der Waals surface area contributed by atoms with Gasteiger partial charge in [0, 0.05) is 18.3 Å². The monoisotopic (exact) mass is 326 g/mol. The van der Waals surface area contributed by atoms with Crippen molar-refractivity contribution in [2.45, 2.75) is 50.0 Å². The third-order valence-corrected chi connectivity index (χ3v) is 5.04. The number of aromatic carboxylic acids is 1. The van der Waals surface area contributed by atoms with Crippen LogP contribution in [0.1, 0.15) is 49.4 Å². The predicted octanol–water partition coefficient (Wildman–Crippen LogP) is 2.43. The molecule has 122 valence electrons. The number of carbonyl (C=O) groups is 1. The van der Waals surface area contributed by atoms with Gasteiger partial charge in [0.15, 0.2) is 0 Å². The lowest BCUT2D eigenvalue weighted by atomic mass is 10.1. The van der Waals surface area contributed by atoms with Gasteiger partial charge < -0.3 is 10.4 Å². The number of carboxylic acid groups (broad SMARTS) is 1. The molecule has 1 saturated carbocycles. The topological polar surface area (TPSA) is 95.5 Å². The summed E-state index contributed by atoms with van der Waals surface area (Å²) in [5.41, 5.74) is 0.434. The van der Waals surface area contributed by atoms with Crippen molar-refractivity contribution in [3.8, 4) is 0 Å². The molecule has 1 aromatic rings. The minimum absolute atomic E-state index is 0.00379. The summed E-state index contributed by atoms with van der Waals surface area (Å²) in [7, 11) is -3.64. The lowest BCUT2D eigenvalue weighted by Crippen LogP contribution is -2.26. The Morgan fingerprint density at radius 1 is 1.32 bits per heavy atom. The first-order valence-corrected chi connectivity index (χ1v) is 9.06. The summed E-state index contributed by atoms with van der Waals surface area (Å²) in [6, 6.07) is 4.18. The van der Waals surface area contributed by atoms with E-state index in [-0.39, 0.29) is 16.5 Å². The summed E-state index contributed by atoms with van der Waals surface area (Å²) < 4.78 is 26.8. The second-order valence-electron chi connectivity index (χ2n) is 5.54. The van der Waals surface area contributed by atoms with Gasteiger partial charge in [-0.15, -0.1) is 0 Å². The van der Waals surface area contributed by atoms with E-state index in [4.69, 9.17) is 0 Å². The van der Waals surface area contributed by atoms with E-state index in [0.717, 1.165) is 32.1 Å². The van der Waals surface area contributed by atoms with E-state index in [0.29, 0.717) is 12.2 Å². The minimum Gasteiger partial charge on any atom is -0.478 e. The summed E-state index contributed by atoms with van der Waals surface area (Å²) in [4.78, 5) is 11.4. The summed E-state index contributed by atoms with van der Waals surface area (Å²) in [5, 5.41) is 12.4. The zero-order valence-corrected chi connectivity index (χ0v) is 13.4. The summed E-state index contributed by atoms with van der Waals surface area (Å²) in [6.07, 6.45) is 4.76. The second-order valence-corrected chi connectivity index (χ2v) is 7.26. The van der Waals surface area contributed by atoms with Crippen LogP contribution in [0, 0.1) is 0 Å². The highest BCUT2D eigenvalue weighted by Crippen LogP contribution is 2.25. The molecule has 3 N–H and O–H groups in total. The van der Waals surface area contributed by atoms with E-state index in [1.54, 1.807) is 0 Å². The van der Waals surface area contributed by atoms with Crippen molar-refractivity contribution in [2.24, 2.45) is 0 Å². The Kier molecular flexibility index (Phi) is 5.42. The molecule has 0 saturated heterocycles. The molecule has 0 atom stereocenters. The Labute approximate surface area is 131 Å². The first-order valence-electron chi connectivity index (χ1n) is 7.57. The van der Waals surface area contributed by atoms with Crippen molar-refractivity contribution in [3.63, 3.8) is 0 Å². The molecule has 6 nitrogen and oxygen atoms in total. The molecule has 1 aromatic carbocycles. The second kappa shape index (κ2) is 7.11. The SMILES string of the molecule is CCCCCNc1ccc(S(=O)(=O)NC2CC2)cc1C(=O)O. The van der Waals surface area contributed by atoms with Gasteiger partial charge in [-0.1, -0.05) is 19.8 Å². The number of hydrogen-bond donors (Lipinski definition) is 3. The molecule has 0 aromatic heterocycles. The summed E-state index contributed by atoms with van der Waals surface area (Å²) >= 11 is 0. The lowest BCUT2D eigenvalue weighted by Gasteiger charge is -2.12. The zero-order valence-electron chi connectivity index (χ0n) is 12.6. The molecule has 0 bridgehead atoms. The van der Waals surface area contributed by atoms with Gasteiger partial charge in [0.25, 0.3) is 0 Å². The fourth-order valence-electron chi connectivity index (χ4n) is 2.11. The number of benzene rings is 1. The molecule has 0 aliphatic heterocycles. The van der Waals surface area contributed by atoms with Crippen LogP contribution < -0.4 is 10.0 Å². The number of sulfonamides is 1. The van der Waals surface area contributed by atoms with Crippen molar-refractivity contribution in [1.82, 2.24) is 4.72 Å². The highest BCUT2D eigenvalue weighted by atomic mass is 32.2. The van der Waals surface area contributed by atoms with E-state index in [2.05, 4.69) is 17.0 Å². The predicted molar refractivity (Wildman–Crippen MR) is 84.8 cm³/mol. The maximum Gasteiger partial charge on any atom is 0.337 e. The van der Waals surface area contributed by atoms with E-state index < -0.39 is 16.0 Å². The van der Waals surface area contributed by atoms with Crippen LogP contribution >= 0.6 is 0 Å². The van der Waals surface area contributed by atoms with Gasteiger partial charge in [0.05, 0.1) is 10.5 Å². The molecule has 0 radical (unpaired) electrons. The molecular formula is C15H22N2O4S. The minimum atomic E-state index is -3.64. The third-order valence-electron chi connectivity index (χ3n) is 3.53. The Bertz CT molecular complexity index is 639. The third kappa shape index (κ3) is 4.45. The van der Waals surface area contributed by atoms with Gasteiger partial charge in [0.2, 0.25) is 10.0 Å². The Morgan fingerprint density at radius 2 is 2.05 bits per heavy atom. The van der Waals surface area contributed by atoms with Gasteiger partial charge >= 0.3 is 5.97 Å². The van der Waals surface area contributed by atoms with Crippen LogP contribution in [-0.4, -0.2) is 32.1 Å². The first kappa shape index (κ1) is 16.8. The van der Waals surface area contributed by atoms with E-state index in [1.165, 1.54) is 18.2 Å². The quantitative estimate of drug-likeness (QED) is 0.606.